The first kappa shape index (κ1) is 13.8. The van der Waals surface area contributed by atoms with Crippen LogP contribution in [-0.2, 0) is 4.74 Å². The molecule has 0 radical (unpaired) electrons. The van der Waals surface area contributed by atoms with E-state index in [0.29, 0.717) is 5.56 Å². The van der Waals surface area contributed by atoms with Crippen LogP contribution in [0.3, 0.4) is 0 Å². The molecule has 1 N–H and O–H groups in total. The highest BCUT2D eigenvalue weighted by molar-refractivity contribution is 5.28. The second-order valence-electron chi connectivity index (χ2n) is 3.46. The Morgan fingerprint density at radius 1 is 1.24 bits per heavy atom. The minimum atomic E-state index is -4.05. The van der Waals surface area contributed by atoms with Crippen LogP contribution in [0.5, 0.6) is 5.75 Å². The number of methoxy groups -OCH3 is 1. The van der Waals surface area contributed by atoms with E-state index in [4.69, 9.17) is 0 Å². The van der Waals surface area contributed by atoms with E-state index in [9.17, 15) is 18.3 Å². The summed E-state index contributed by atoms with van der Waals surface area (Å²) in [6.07, 6.45) is -7.60. The van der Waals surface area contributed by atoms with Crippen LogP contribution in [0.15, 0.2) is 24.3 Å². The molecule has 0 spiro atoms. The Morgan fingerprint density at radius 2 is 1.76 bits per heavy atom. The van der Waals surface area contributed by atoms with E-state index in [1.807, 2.05) is 0 Å². The molecule has 0 saturated heterocycles. The van der Waals surface area contributed by atoms with Crippen LogP contribution in [0.4, 0.5) is 13.2 Å². The van der Waals surface area contributed by atoms with Gasteiger partial charge in [-0.1, -0.05) is 12.1 Å². The highest BCUT2D eigenvalue weighted by atomic mass is 19.3. The van der Waals surface area contributed by atoms with Gasteiger partial charge in [-0.2, -0.15) is 8.78 Å². The first-order valence-electron chi connectivity index (χ1n) is 4.88. The fourth-order valence-electron chi connectivity index (χ4n) is 1.16. The summed E-state index contributed by atoms with van der Waals surface area (Å²) in [5.74, 6) is -0.209. The molecular formula is C11H13F3O3. The van der Waals surface area contributed by atoms with Gasteiger partial charge in [0.2, 0.25) is 0 Å². The summed E-state index contributed by atoms with van der Waals surface area (Å²) in [4.78, 5) is 0. The van der Waals surface area contributed by atoms with Gasteiger partial charge in [-0.05, 0) is 24.6 Å². The van der Waals surface area contributed by atoms with E-state index in [1.165, 1.54) is 31.2 Å². The van der Waals surface area contributed by atoms with Crippen LogP contribution in [0.2, 0.25) is 0 Å². The van der Waals surface area contributed by atoms with Crippen molar-refractivity contribution < 1.29 is 27.8 Å². The molecule has 0 aliphatic heterocycles. The summed E-state index contributed by atoms with van der Waals surface area (Å²) in [5.41, 5.74) is 0.546. The third-order valence-corrected chi connectivity index (χ3v) is 2.09. The quantitative estimate of drug-likeness (QED) is 0.873. The molecule has 17 heavy (non-hydrogen) atoms. The fraction of sp³-hybridized carbons (Fsp3) is 0.455. The highest BCUT2D eigenvalue weighted by Crippen LogP contribution is 2.27. The Hall–Kier alpha value is -1.27. The van der Waals surface area contributed by atoms with Gasteiger partial charge in [-0.15, -0.1) is 0 Å². The molecule has 3 nitrogen and oxygen atoms in total. The number of ether oxygens (including phenoxy) is 2. The zero-order valence-electron chi connectivity index (χ0n) is 9.36. The van der Waals surface area contributed by atoms with Crippen LogP contribution in [0.25, 0.3) is 0 Å². The molecule has 0 aliphatic rings. The van der Waals surface area contributed by atoms with E-state index in [-0.39, 0.29) is 5.75 Å². The van der Waals surface area contributed by atoms with Gasteiger partial charge in [0, 0.05) is 7.11 Å². The van der Waals surface area contributed by atoms with E-state index >= 15 is 0 Å². The van der Waals surface area contributed by atoms with Crippen LogP contribution in [-0.4, -0.2) is 24.7 Å². The maximum absolute atomic E-state index is 13.0. The van der Waals surface area contributed by atoms with Gasteiger partial charge in [0.1, 0.15) is 5.75 Å². The minimum Gasteiger partial charge on any atom is -0.429 e. The molecule has 0 saturated carbocycles. The lowest BCUT2D eigenvalue weighted by Crippen LogP contribution is -2.37. The van der Waals surface area contributed by atoms with Gasteiger partial charge in [-0.25, -0.2) is 4.39 Å². The Kier molecular flexibility index (Phi) is 4.36. The highest BCUT2D eigenvalue weighted by Gasteiger charge is 2.43. The largest absolute Gasteiger partial charge is 0.456 e. The smallest absolute Gasteiger partial charge is 0.429 e. The number of aliphatic hydroxyl groups is 1. The number of hydrogen-bond donors (Lipinski definition) is 1. The second-order valence-corrected chi connectivity index (χ2v) is 3.46. The molecule has 6 heteroatoms. The molecule has 0 aliphatic carbocycles. The third kappa shape index (κ3) is 3.61. The average Bonchev–Trinajstić information content (AvgIpc) is 2.28. The SMILES string of the molecule is COC(F)C(F)(F)Oc1ccc(C(C)O)cc1. The molecule has 0 heterocycles. The zero-order valence-corrected chi connectivity index (χ0v) is 9.36. The van der Waals surface area contributed by atoms with Crippen molar-refractivity contribution in [3.05, 3.63) is 29.8 Å². The monoisotopic (exact) mass is 250 g/mol. The lowest BCUT2D eigenvalue weighted by molar-refractivity contribution is -0.284. The van der Waals surface area contributed by atoms with Crippen LogP contribution >= 0.6 is 0 Å². The molecule has 0 bridgehead atoms. The fourth-order valence-corrected chi connectivity index (χ4v) is 1.16. The van der Waals surface area contributed by atoms with Gasteiger partial charge >= 0.3 is 12.5 Å². The molecule has 1 rings (SSSR count). The molecule has 1 aromatic carbocycles. The van der Waals surface area contributed by atoms with Crippen molar-refractivity contribution in [2.24, 2.45) is 0 Å². The lowest BCUT2D eigenvalue weighted by Gasteiger charge is -2.20. The standard InChI is InChI=1S/C11H13F3O3/c1-7(15)8-3-5-9(6-4-8)17-11(13,14)10(12)16-2/h3-7,10,15H,1-2H3. The Bertz CT molecular complexity index is 351. The summed E-state index contributed by atoms with van der Waals surface area (Å²) in [6.45, 7) is 1.53. The van der Waals surface area contributed by atoms with Gasteiger partial charge in [0.05, 0.1) is 6.10 Å². The number of benzene rings is 1. The van der Waals surface area contributed by atoms with Crippen molar-refractivity contribution >= 4 is 0 Å². The molecule has 2 unspecified atom stereocenters. The van der Waals surface area contributed by atoms with Gasteiger partial charge in [-0.3, -0.25) is 0 Å². The lowest BCUT2D eigenvalue weighted by atomic mass is 10.1. The number of alkyl halides is 3. The van der Waals surface area contributed by atoms with Crippen molar-refractivity contribution in [1.82, 2.24) is 0 Å². The Balaban J connectivity index is 2.75. The predicted molar refractivity (Wildman–Crippen MR) is 54.6 cm³/mol. The summed E-state index contributed by atoms with van der Waals surface area (Å²) in [5, 5.41) is 9.20. The molecule has 1 aromatic rings. The number of hydrogen-bond acceptors (Lipinski definition) is 3. The van der Waals surface area contributed by atoms with E-state index < -0.39 is 18.6 Å². The van der Waals surface area contributed by atoms with Crippen LogP contribution in [0.1, 0.15) is 18.6 Å². The predicted octanol–water partition coefficient (Wildman–Crippen LogP) is 2.65. The first-order valence-corrected chi connectivity index (χ1v) is 4.88. The number of aliphatic hydroxyl groups excluding tert-OH is 1. The van der Waals surface area contributed by atoms with E-state index in [2.05, 4.69) is 9.47 Å². The molecule has 0 fully saturated rings. The average molecular weight is 250 g/mol. The zero-order chi connectivity index (χ0) is 13.1. The van der Waals surface area contributed by atoms with Crippen LogP contribution in [0, 0.1) is 0 Å². The Morgan fingerprint density at radius 3 is 2.18 bits per heavy atom. The minimum absolute atomic E-state index is 0.209. The molecule has 0 aromatic heterocycles. The maximum Gasteiger partial charge on any atom is 0.456 e. The third-order valence-electron chi connectivity index (χ3n) is 2.09. The summed E-state index contributed by atoms with van der Waals surface area (Å²) in [7, 11) is 0.818. The van der Waals surface area contributed by atoms with Gasteiger partial charge < -0.3 is 14.6 Å². The Labute approximate surface area is 96.8 Å². The summed E-state index contributed by atoms with van der Waals surface area (Å²) in [6, 6.07) is 5.27. The second kappa shape index (κ2) is 5.37. The number of halogens is 3. The topological polar surface area (TPSA) is 38.7 Å². The van der Waals surface area contributed by atoms with Crippen LogP contribution < -0.4 is 4.74 Å². The normalized spacial score (nSPS) is 15.4. The summed E-state index contributed by atoms with van der Waals surface area (Å²) < 4.78 is 46.7. The van der Waals surface area contributed by atoms with Gasteiger partial charge in [0.25, 0.3) is 0 Å². The molecule has 2 atom stereocenters. The molecule has 0 amide bonds. The maximum atomic E-state index is 13.0. The summed E-state index contributed by atoms with van der Waals surface area (Å²) >= 11 is 0. The molecule has 96 valence electrons. The van der Waals surface area contributed by atoms with Crippen molar-refractivity contribution in [3.63, 3.8) is 0 Å². The van der Waals surface area contributed by atoms with Crippen molar-refractivity contribution in [2.75, 3.05) is 7.11 Å². The number of rotatable bonds is 5. The van der Waals surface area contributed by atoms with Crippen molar-refractivity contribution in [3.8, 4) is 5.75 Å². The van der Waals surface area contributed by atoms with Crippen molar-refractivity contribution in [1.29, 1.82) is 0 Å². The first-order chi connectivity index (χ1) is 7.86. The van der Waals surface area contributed by atoms with Crippen molar-refractivity contribution in [2.45, 2.75) is 25.5 Å². The van der Waals surface area contributed by atoms with E-state index in [0.717, 1.165) is 7.11 Å². The molecular weight excluding hydrogens is 237 g/mol. The van der Waals surface area contributed by atoms with Gasteiger partial charge in [0.15, 0.2) is 0 Å². The van der Waals surface area contributed by atoms with E-state index in [1.54, 1.807) is 0 Å².